The molecule has 110 valence electrons. The third kappa shape index (κ3) is 4.31. The molecule has 5 nitrogen and oxygen atoms in total. The second-order valence-corrected chi connectivity index (χ2v) is 6.07. The Morgan fingerprint density at radius 2 is 1.90 bits per heavy atom. The number of hydrogen-bond acceptors (Lipinski definition) is 4. The number of anilines is 1. The fraction of sp³-hybridized carbons (Fsp3) is 0.571. The molecule has 1 aliphatic rings. The maximum Gasteiger partial charge on any atom is 0.313 e. The van der Waals surface area contributed by atoms with Crippen molar-refractivity contribution in [1.29, 1.82) is 0 Å². The highest BCUT2D eigenvalue weighted by Crippen LogP contribution is 2.26. The number of carbonyl (C=O) groups excluding carboxylic acids is 2. The van der Waals surface area contributed by atoms with E-state index >= 15 is 0 Å². The van der Waals surface area contributed by atoms with Gasteiger partial charge >= 0.3 is 11.8 Å². The summed E-state index contributed by atoms with van der Waals surface area (Å²) < 4.78 is 0. The Kier molecular flexibility index (Phi) is 5.14. The highest BCUT2D eigenvalue weighted by Gasteiger charge is 2.29. The third-order valence-electron chi connectivity index (χ3n) is 3.60. The molecular weight excluding hydrogens is 276 g/mol. The van der Waals surface area contributed by atoms with Crippen molar-refractivity contribution in [2.45, 2.75) is 44.1 Å². The van der Waals surface area contributed by atoms with Gasteiger partial charge in [0, 0.05) is 11.9 Å². The summed E-state index contributed by atoms with van der Waals surface area (Å²) >= 11 is 1.44. The minimum absolute atomic E-state index is 0.142. The molecule has 0 aromatic carbocycles. The molecule has 0 atom stereocenters. The number of carbonyl (C=O) groups is 2. The summed E-state index contributed by atoms with van der Waals surface area (Å²) in [4.78, 5) is 23.4. The lowest BCUT2D eigenvalue weighted by molar-refractivity contribution is -0.136. The molecule has 0 aliphatic heterocycles. The van der Waals surface area contributed by atoms with Gasteiger partial charge < -0.3 is 15.7 Å². The molecule has 0 bridgehead atoms. The monoisotopic (exact) mass is 296 g/mol. The van der Waals surface area contributed by atoms with Crippen LogP contribution in [-0.2, 0) is 9.59 Å². The topological polar surface area (TPSA) is 78.4 Å². The molecule has 1 aromatic heterocycles. The average Bonchev–Trinajstić information content (AvgIpc) is 2.83. The number of hydrogen-bond donors (Lipinski definition) is 3. The van der Waals surface area contributed by atoms with Gasteiger partial charge in [0.25, 0.3) is 0 Å². The van der Waals surface area contributed by atoms with Crippen molar-refractivity contribution in [1.82, 2.24) is 5.32 Å². The molecule has 1 aromatic rings. The van der Waals surface area contributed by atoms with Gasteiger partial charge in [-0.15, -0.1) is 0 Å². The predicted molar refractivity (Wildman–Crippen MR) is 78.6 cm³/mol. The Labute approximate surface area is 122 Å². The minimum atomic E-state index is -0.866. The number of amides is 2. The molecule has 0 saturated heterocycles. The molecule has 2 rings (SSSR count). The van der Waals surface area contributed by atoms with Crippen molar-refractivity contribution in [3.63, 3.8) is 0 Å². The molecule has 0 radical (unpaired) electrons. The van der Waals surface area contributed by atoms with Crippen LogP contribution in [0.2, 0.25) is 0 Å². The summed E-state index contributed by atoms with van der Waals surface area (Å²) in [7, 11) is 0. The van der Waals surface area contributed by atoms with Crippen molar-refractivity contribution in [3.8, 4) is 0 Å². The molecule has 3 N–H and O–H groups in total. The molecule has 0 unspecified atom stereocenters. The van der Waals surface area contributed by atoms with E-state index in [2.05, 4.69) is 10.6 Å². The molecule has 1 aliphatic carbocycles. The Morgan fingerprint density at radius 1 is 1.20 bits per heavy atom. The average molecular weight is 296 g/mol. The lowest BCUT2D eigenvalue weighted by Gasteiger charge is -2.26. The van der Waals surface area contributed by atoms with Gasteiger partial charge in [-0.05, 0) is 24.3 Å². The maximum absolute atomic E-state index is 11.7. The van der Waals surface area contributed by atoms with E-state index < -0.39 is 17.4 Å². The van der Waals surface area contributed by atoms with E-state index in [-0.39, 0.29) is 6.54 Å². The SMILES string of the molecule is O=C(NCC1(O)CCCCCC1)C(=O)Nc1ccsc1. The third-order valence-corrected chi connectivity index (χ3v) is 4.28. The van der Waals surface area contributed by atoms with E-state index in [0.717, 1.165) is 25.7 Å². The zero-order valence-electron chi connectivity index (χ0n) is 11.4. The van der Waals surface area contributed by atoms with Crippen LogP contribution in [0, 0.1) is 0 Å². The van der Waals surface area contributed by atoms with Crippen LogP contribution in [0.1, 0.15) is 38.5 Å². The van der Waals surface area contributed by atoms with Crippen LogP contribution in [0.15, 0.2) is 16.8 Å². The summed E-state index contributed by atoms with van der Waals surface area (Å²) in [5.41, 5.74) is -0.252. The van der Waals surface area contributed by atoms with Gasteiger partial charge in [0.1, 0.15) is 0 Å². The predicted octanol–water partition coefficient (Wildman–Crippen LogP) is 1.89. The van der Waals surface area contributed by atoms with Crippen LogP contribution in [0.5, 0.6) is 0 Å². The van der Waals surface area contributed by atoms with Gasteiger partial charge in [0.2, 0.25) is 0 Å². The minimum Gasteiger partial charge on any atom is -0.388 e. The van der Waals surface area contributed by atoms with Crippen molar-refractivity contribution < 1.29 is 14.7 Å². The first-order chi connectivity index (χ1) is 9.59. The van der Waals surface area contributed by atoms with Crippen LogP contribution >= 0.6 is 11.3 Å². The molecule has 0 spiro atoms. The zero-order valence-corrected chi connectivity index (χ0v) is 12.2. The van der Waals surface area contributed by atoms with Gasteiger partial charge in [-0.25, -0.2) is 0 Å². The fourth-order valence-corrected chi connectivity index (χ4v) is 3.00. The summed E-state index contributed by atoms with van der Waals surface area (Å²) in [5.74, 6) is -1.39. The second kappa shape index (κ2) is 6.85. The number of rotatable bonds is 3. The second-order valence-electron chi connectivity index (χ2n) is 5.29. The van der Waals surface area contributed by atoms with Gasteiger partial charge in [0.05, 0.1) is 11.3 Å². The molecule has 1 heterocycles. The Bertz CT molecular complexity index is 451. The first-order valence-corrected chi connectivity index (χ1v) is 7.87. The summed E-state index contributed by atoms with van der Waals surface area (Å²) in [6.07, 6.45) is 5.53. The largest absolute Gasteiger partial charge is 0.388 e. The molecule has 2 amide bonds. The Hall–Kier alpha value is -1.40. The van der Waals surface area contributed by atoms with E-state index in [1.165, 1.54) is 11.3 Å². The highest BCUT2D eigenvalue weighted by atomic mass is 32.1. The van der Waals surface area contributed by atoms with Crippen LogP contribution in [0.25, 0.3) is 0 Å². The van der Waals surface area contributed by atoms with Crippen molar-refractivity contribution in [3.05, 3.63) is 16.8 Å². The van der Waals surface area contributed by atoms with Gasteiger partial charge in [0.15, 0.2) is 0 Å². The van der Waals surface area contributed by atoms with E-state index in [1.807, 2.05) is 5.38 Å². The van der Waals surface area contributed by atoms with Crippen LogP contribution in [0.3, 0.4) is 0 Å². The van der Waals surface area contributed by atoms with Crippen molar-refractivity contribution >= 4 is 28.8 Å². The standard InChI is InChI=1S/C14H20N2O3S/c17-12(13(18)16-11-5-8-20-9-11)15-10-14(19)6-3-1-2-4-7-14/h5,8-9,19H,1-4,6-7,10H2,(H,15,17)(H,16,18). The number of nitrogens with one attached hydrogen (secondary N) is 2. The quantitative estimate of drug-likeness (QED) is 0.589. The van der Waals surface area contributed by atoms with E-state index in [1.54, 1.807) is 11.4 Å². The lowest BCUT2D eigenvalue weighted by atomic mass is 9.94. The van der Waals surface area contributed by atoms with Gasteiger partial charge in [-0.2, -0.15) is 11.3 Å². The first kappa shape index (κ1) is 15.0. The lowest BCUT2D eigenvalue weighted by Crippen LogP contribution is -2.46. The summed E-state index contributed by atoms with van der Waals surface area (Å²) in [6, 6.07) is 1.73. The van der Waals surface area contributed by atoms with Crippen LogP contribution < -0.4 is 10.6 Å². The van der Waals surface area contributed by atoms with Gasteiger partial charge in [-0.3, -0.25) is 9.59 Å². The van der Waals surface area contributed by atoms with Crippen molar-refractivity contribution in [2.24, 2.45) is 0 Å². The molecule has 6 heteroatoms. The molecule has 1 saturated carbocycles. The normalized spacial score (nSPS) is 18.1. The Balaban J connectivity index is 1.80. The highest BCUT2D eigenvalue weighted by molar-refractivity contribution is 7.08. The van der Waals surface area contributed by atoms with E-state index in [0.29, 0.717) is 18.5 Å². The van der Waals surface area contributed by atoms with Crippen LogP contribution in [0.4, 0.5) is 5.69 Å². The molecule has 20 heavy (non-hydrogen) atoms. The first-order valence-electron chi connectivity index (χ1n) is 6.93. The van der Waals surface area contributed by atoms with E-state index in [9.17, 15) is 14.7 Å². The summed E-state index contributed by atoms with van der Waals surface area (Å²) in [6.45, 7) is 0.142. The van der Waals surface area contributed by atoms with Crippen LogP contribution in [-0.4, -0.2) is 29.1 Å². The van der Waals surface area contributed by atoms with Crippen molar-refractivity contribution in [2.75, 3.05) is 11.9 Å². The maximum atomic E-state index is 11.7. The molecular formula is C14H20N2O3S. The molecule has 1 fully saturated rings. The smallest absolute Gasteiger partial charge is 0.313 e. The van der Waals surface area contributed by atoms with E-state index in [4.69, 9.17) is 0 Å². The zero-order chi connectivity index (χ0) is 14.4. The fourth-order valence-electron chi connectivity index (χ4n) is 2.41. The van der Waals surface area contributed by atoms with Gasteiger partial charge in [-0.1, -0.05) is 25.7 Å². The summed E-state index contributed by atoms with van der Waals surface area (Å²) in [5, 5.41) is 19.0. The number of thiophene rings is 1. The Morgan fingerprint density at radius 3 is 2.50 bits per heavy atom. The number of aliphatic hydroxyl groups is 1.